The fourth-order valence-electron chi connectivity index (χ4n) is 1.46. The van der Waals surface area contributed by atoms with Crippen LogP contribution in [-0.4, -0.2) is 10.1 Å². The number of rotatable bonds is 3. The summed E-state index contributed by atoms with van der Waals surface area (Å²) in [6.45, 7) is 3.93. The summed E-state index contributed by atoms with van der Waals surface area (Å²) in [5, 5.41) is 14.9. The van der Waals surface area contributed by atoms with Gasteiger partial charge in [-0.05, 0) is 25.5 Å². The Kier molecular flexibility index (Phi) is 3.10. The number of hydrogen-bond donors (Lipinski definition) is 2. The number of aryl methyl sites for hydroxylation is 1. The van der Waals surface area contributed by atoms with Crippen LogP contribution in [0.5, 0.6) is 5.75 Å². The molecule has 2 rings (SSSR count). The number of phenolic OH excluding ortho intramolecular Hbond substituents is 1. The maximum atomic E-state index is 9.59. The molecule has 0 amide bonds. The minimum absolute atomic E-state index is 0.147. The molecule has 0 aliphatic rings. The van der Waals surface area contributed by atoms with Crippen LogP contribution in [0.2, 0.25) is 0 Å². The standard InChI is InChI=1S/C12H14N2OS/c1-8-3-4-10(5-12(8)15)14-9(2)11-6-16-7-13-11/h3-7,9,14-15H,1-2H3. The molecule has 2 N–H and O–H groups in total. The normalized spacial score (nSPS) is 12.4. The number of thiazole rings is 1. The summed E-state index contributed by atoms with van der Waals surface area (Å²) >= 11 is 1.58. The van der Waals surface area contributed by atoms with E-state index in [4.69, 9.17) is 0 Å². The van der Waals surface area contributed by atoms with Crippen molar-refractivity contribution in [3.63, 3.8) is 0 Å². The van der Waals surface area contributed by atoms with Crippen molar-refractivity contribution in [2.45, 2.75) is 19.9 Å². The summed E-state index contributed by atoms with van der Waals surface area (Å²) in [7, 11) is 0. The lowest BCUT2D eigenvalue weighted by Crippen LogP contribution is -2.06. The Bertz CT molecular complexity index is 468. The van der Waals surface area contributed by atoms with Crippen LogP contribution in [0, 0.1) is 6.92 Å². The van der Waals surface area contributed by atoms with Gasteiger partial charge in [0, 0.05) is 17.1 Å². The van der Waals surface area contributed by atoms with E-state index >= 15 is 0 Å². The van der Waals surface area contributed by atoms with Gasteiger partial charge in [0.25, 0.3) is 0 Å². The van der Waals surface area contributed by atoms with Gasteiger partial charge >= 0.3 is 0 Å². The van der Waals surface area contributed by atoms with E-state index in [1.807, 2.05) is 36.9 Å². The fourth-order valence-corrected chi connectivity index (χ4v) is 2.11. The van der Waals surface area contributed by atoms with Crippen molar-refractivity contribution in [2.75, 3.05) is 5.32 Å². The number of aromatic nitrogens is 1. The van der Waals surface area contributed by atoms with Crippen molar-refractivity contribution in [3.05, 3.63) is 40.3 Å². The van der Waals surface area contributed by atoms with Crippen molar-refractivity contribution in [1.29, 1.82) is 0 Å². The Balaban J connectivity index is 2.12. The Hall–Kier alpha value is -1.55. The number of benzene rings is 1. The molecule has 84 valence electrons. The quantitative estimate of drug-likeness (QED) is 0.856. The second-order valence-electron chi connectivity index (χ2n) is 3.78. The first-order chi connectivity index (χ1) is 7.66. The molecule has 0 aliphatic carbocycles. The van der Waals surface area contributed by atoms with Crippen LogP contribution in [0.4, 0.5) is 5.69 Å². The van der Waals surface area contributed by atoms with Crippen molar-refractivity contribution >= 4 is 17.0 Å². The van der Waals surface area contributed by atoms with E-state index in [-0.39, 0.29) is 6.04 Å². The molecule has 1 aromatic carbocycles. The first kappa shape index (κ1) is 11.0. The summed E-state index contributed by atoms with van der Waals surface area (Å²) < 4.78 is 0. The minimum Gasteiger partial charge on any atom is -0.508 e. The van der Waals surface area contributed by atoms with Gasteiger partial charge in [-0.15, -0.1) is 11.3 Å². The average molecular weight is 234 g/mol. The number of aromatic hydroxyl groups is 1. The minimum atomic E-state index is 0.147. The second-order valence-corrected chi connectivity index (χ2v) is 4.50. The van der Waals surface area contributed by atoms with Crippen molar-refractivity contribution < 1.29 is 5.11 Å². The third-order valence-electron chi connectivity index (χ3n) is 2.49. The maximum absolute atomic E-state index is 9.59. The predicted molar refractivity (Wildman–Crippen MR) is 67.0 cm³/mol. The lowest BCUT2D eigenvalue weighted by atomic mass is 10.2. The first-order valence-electron chi connectivity index (χ1n) is 5.11. The number of anilines is 1. The second kappa shape index (κ2) is 4.53. The molecule has 1 heterocycles. The molecule has 0 saturated heterocycles. The summed E-state index contributed by atoms with van der Waals surface area (Å²) in [5.74, 6) is 0.315. The lowest BCUT2D eigenvalue weighted by Gasteiger charge is -2.13. The van der Waals surface area contributed by atoms with Crippen LogP contribution in [0.25, 0.3) is 0 Å². The number of nitrogens with zero attached hydrogens (tertiary/aromatic N) is 1. The molecular formula is C12H14N2OS. The van der Waals surface area contributed by atoms with E-state index in [0.29, 0.717) is 5.75 Å². The highest BCUT2D eigenvalue weighted by Crippen LogP contribution is 2.24. The van der Waals surface area contributed by atoms with Gasteiger partial charge in [0.15, 0.2) is 0 Å². The molecule has 1 atom stereocenters. The van der Waals surface area contributed by atoms with Gasteiger partial charge in [-0.3, -0.25) is 0 Å². The number of hydrogen-bond acceptors (Lipinski definition) is 4. The highest BCUT2D eigenvalue weighted by Gasteiger charge is 2.07. The van der Waals surface area contributed by atoms with Crippen LogP contribution >= 0.6 is 11.3 Å². The van der Waals surface area contributed by atoms with Crippen LogP contribution in [0.1, 0.15) is 24.2 Å². The molecule has 2 aromatic rings. The van der Waals surface area contributed by atoms with E-state index in [2.05, 4.69) is 10.3 Å². The van der Waals surface area contributed by atoms with E-state index in [1.165, 1.54) is 0 Å². The molecule has 1 unspecified atom stereocenters. The van der Waals surface area contributed by atoms with Crippen molar-refractivity contribution in [2.24, 2.45) is 0 Å². The molecule has 0 saturated carbocycles. The van der Waals surface area contributed by atoms with Crippen molar-refractivity contribution in [1.82, 2.24) is 4.98 Å². The lowest BCUT2D eigenvalue weighted by molar-refractivity contribution is 0.471. The van der Waals surface area contributed by atoms with E-state index < -0.39 is 0 Å². The summed E-state index contributed by atoms with van der Waals surface area (Å²) in [6.07, 6.45) is 0. The van der Waals surface area contributed by atoms with E-state index in [9.17, 15) is 5.11 Å². The fraction of sp³-hybridized carbons (Fsp3) is 0.250. The number of phenols is 1. The highest BCUT2D eigenvalue weighted by atomic mass is 32.1. The van der Waals surface area contributed by atoms with Crippen LogP contribution in [-0.2, 0) is 0 Å². The molecule has 0 aliphatic heterocycles. The Labute approximate surface area is 98.8 Å². The van der Waals surface area contributed by atoms with Crippen LogP contribution < -0.4 is 5.32 Å². The van der Waals surface area contributed by atoms with Gasteiger partial charge in [0.2, 0.25) is 0 Å². The molecule has 16 heavy (non-hydrogen) atoms. The number of nitrogens with one attached hydrogen (secondary N) is 1. The van der Waals surface area contributed by atoms with Crippen LogP contribution in [0.15, 0.2) is 29.1 Å². The van der Waals surface area contributed by atoms with Crippen molar-refractivity contribution in [3.8, 4) is 5.75 Å². The topological polar surface area (TPSA) is 45.2 Å². The molecule has 3 nitrogen and oxygen atoms in total. The van der Waals surface area contributed by atoms with Gasteiger partial charge < -0.3 is 10.4 Å². The zero-order valence-corrected chi connectivity index (χ0v) is 10.1. The summed E-state index contributed by atoms with van der Waals surface area (Å²) in [5.41, 5.74) is 4.63. The SMILES string of the molecule is Cc1ccc(NC(C)c2cscn2)cc1O. The molecular weight excluding hydrogens is 220 g/mol. The Morgan fingerprint density at radius 1 is 1.44 bits per heavy atom. The third-order valence-corrected chi connectivity index (χ3v) is 3.09. The monoisotopic (exact) mass is 234 g/mol. The first-order valence-corrected chi connectivity index (χ1v) is 6.05. The zero-order valence-electron chi connectivity index (χ0n) is 9.27. The van der Waals surface area contributed by atoms with Gasteiger partial charge in [-0.1, -0.05) is 6.07 Å². The molecule has 1 aromatic heterocycles. The van der Waals surface area contributed by atoms with Crippen LogP contribution in [0.3, 0.4) is 0 Å². The molecule has 0 bridgehead atoms. The Morgan fingerprint density at radius 2 is 2.25 bits per heavy atom. The molecule has 0 spiro atoms. The van der Waals surface area contributed by atoms with Gasteiger partial charge in [0.05, 0.1) is 17.2 Å². The highest BCUT2D eigenvalue weighted by molar-refractivity contribution is 7.07. The molecule has 0 radical (unpaired) electrons. The molecule has 4 heteroatoms. The molecule has 0 fully saturated rings. The van der Waals surface area contributed by atoms with E-state index in [1.54, 1.807) is 17.4 Å². The zero-order chi connectivity index (χ0) is 11.5. The maximum Gasteiger partial charge on any atom is 0.120 e. The average Bonchev–Trinajstić information content (AvgIpc) is 2.77. The summed E-state index contributed by atoms with van der Waals surface area (Å²) in [4.78, 5) is 4.25. The Morgan fingerprint density at radius 3 is 2.88 bits per heavy atom. The largest absolute Gasteiger partial charge is 0.508 e. The van der Waals surface area contributed by atoms with Gasteiger partial charge in [-0.2, -0.15) is 0 Å². The van der Waals surface area contributed by atoms with Gasteiger partial charge in [-0.25, -0.2) is 4.98 Å². The van der Waals surface area contributed by atoms with E-state index in [0.717, 1.165) is 16.9 Å². The predicted octanol–water partition coefficient (Wildman–Crippen LogP) is 3.33. The van der Waals surface area contributed by atoms with Gasteiger partial charge in [0.1, 0.15) is 5.75 Å². The smallest absolute Gasteiger partial charge is 0.120 e. The summed E-state index contributed by atoms with van der Waals surface area (Å²) in [6, 6.07) is 5.73. The third kappa shape index (κ3) is 2.33.